The van der Waals surface area contributed by atoms with Crippen molar-refractivity contribution in [3.8, 4) is 0 Å². The van der Waals surface area contributed by atoms with Gasteiger partial charge in [0.25, 0.3) is 0 Å². The van der Waals surface area contributed by atoms with Gasteiger partial charge in [-0.3, -0.25) is 4.79 Å². The van der Waals surface area contributed by atoms with Crippen LogP contribution in [0.3, 0.4) is 0 Å². The maximum atomic E-state index is 13.6. The van der Waals surface area contributed by atoms with E-state index in [-0.39, 0.29) is 29.9 Å². The third-order valence-electron chi connectivity index (χ3n) is 5.31. The van der Waals surface area contributed by atoms with Gasteiger partial charge in [0.05, 0.1) is 18.1 Å². The number of carbonyl (C=O) groups is 1. The SMILES string of the molecule is CCN1CCC[C@](C)(C(=O)N2CC(OCc3ccccc3F)C2)C1. The van der Waals surface area contributed by atoms with E-state index in [4.69, 9.17) is 4.74 Å². The third-order valence-corrected chi connectivity index (χ3v) is 5.31. The quantitative estimate of drug-likeness (QED) is 0.830. The van der Waals surface area contributed by atoms with Crippen LogP contribution in [-0.2, 0) is 16.1 Å². The first-order chi connectivity index (χ1) is 11.5. The Morgan fingerprint density at radius 3 is 2.83 bits per heavy atom. The van der Waals surface area contributed by atoms with E-state index in [0.29, 0.717) is 18.7 Å². The molecule has 1 amide bonds. The van der Waals surface area contributed by atoms with Gasteiger partial charge in [-0.05, 0) is 38.9 Å². The zero-order valence-electron chi connectivity index (χ0n) is 14.6. The highest BCUT2D eigenvalue weighted by Crippen LogP contribution is 2.33. The molecule has 0 aliphatic carbocycles. The number of ether oxygens (including phenoxy) is 1. The first-order valence-electron chi connectivity index (χ1n) is 8.88. The predicted molar refractivity (Wildman–Crippen MR) is 91.0 cm³/mol. The fourth-order valence-corrected chi connectivity index (χ4v) is 3.70. The van der Waals surface area contributed by atoms with Gasteiger partial charge >= 0.3 is 0 Å². The Morgan fingerprint density at radius 2 is 2.12 bits per heavy atom. The first-order valence-corrected chi connectivity index (χ1v) is 8.88. The Labute approximate surface area is 143 Å². The van der Waals surface area contributed by atoms with Crippen LogP contribution in [0.4, 0.5) is 4.39 Å². The van der Waals surface area contributed by atoms with Gasteiger partial charge in [0.1, 0.15) is 5.82 Å². The molecule has 5 heteroatoms. The number of likely N-dealkylation sites (tertiary alicyclic amines) is 2. The van der Waals surface area contributed by atoms with Crippen molar-refractivity contribution in [2.24, 2.45) is 5.41 Å². The molecule has 0 aromatic heterocycles. The van der Waals surface area contributed by atoms with Crippen molar-refractivity contribution in [3.63, 3.8) is 0 Å². The molecule has 4 nitrogen and oxygen atoms in total. The summed E-state index contributed by atoms with van der Waals surface area (Å²) in [5.41, 5.74) is 0.296. The van der Waals surface area contributed by atoms with Gasteiger partial charge in [0.2, 0.25) is 5.91 Å². The molecule has 2 heterocycles. The van der Waals surface area contributed by atoms with Crippen molar-refractivity contribution < 1.29 is 13.9 Å². The molecule has 1 aromatic carbocycles. The van der Waals surface area contributed by atoms with E-state index in [1.807, 2.05) is 11.0 Å². The first kappa shape index (κ1) is 17.4. The summed E-state index contributed by atoms with van der Waals surface area (Å²) in [5, 5.41) is 0. The lowest BCUT2D eigenvalue weighted by atomic mass is 9.79. The molecular weight excluding hydrogens is 307 g/mol. The average Bonchev–Trinajstić information content (AvgIpc) is 2.54. The van der Waals surface area contributed by atoms with Crippen LogP contribution in [0.1, 0.15) is 32.3 Å². The van der Waals surface area contributed by atoms with E-state index >= 15 is 0 Å². The molecule has 132 valence electrons. The predicted octanol–water partition coefficient (Wildman–Crippen LogP) is 2.68. The van der Waals surface area contributed by atoms with Gasteiger partial charge in [-0.2, -0.15) is 0 Å². The van der Waals surface area contributed by atoms with Gasteiger partial charge in [0, 0.05) is 25.2 Å². The van der Waals surface area contributed by atoms with Gasteiger partial charge < -0.3 is 14.5 Å². The standard InChI is InChI=1S/C19H27FN2O2/c1-3-21-10-6-9-19(2,14-21)18(23)22-11-16(12-22)24-13-15-7-4-5-8-17(15)20/h4-5,7-8,16H,3,6,9-14H2,1-2H3/t19-/m0/s1. The van der Waals surface area contributed by atoms with Crippen LogP contribution in [0.25, 0.3) is 0 Å². The second-order valence-corrected chi connectivity index (χ2v) is 7.27. The summed E-state index contributed by atoms with van der Waals surface area (Å²) in [6.07, 6.45) is 2.06. The van der Waals surface area contributed by atoms with E-state index in [9.17, 15) is 9.18 Å². The van der Waals surface area contributed by atoms with Crippen molar-refractivity contribution in [1.29, 1.82) is 0 Å². The number of carbonyl (C=O) groups excluding carboxylic acids is 1. The number of benzene rings is 1. The molecule has 1 aromatic rings. The van der Waals surface area contributed by atoms with Gasteiger partial charge in [-0.25, -0.2) is 4.39 Å². The van der Waals surface area contributed by atoms with Crippen LogP contribution in [0.2, 0.25) is 0 Å². The van der Waals surface area contributed by atoms with Crippen LogP contribution in [0.15, 0.2) is 24.3 Å². The van der Waals surface area contributed by atoms with E-state index in [2.05, 4.69) is 18.7 Å². The zero-order valence-corrected chi connectivity index (χ0v) is 14.6. The fourth-order valence-electron chi connectivity index (χ4n) is 3.70. The molecule has 24 heavy (non-hydrogen) atoms. The number of amides is 1. The van der Waals surface area contributed by atoms with E-state index in [1.165, 1.54) is 6.07 Å². The Hall–Kier alpha value is -1.46. The molecule has 0 spiro atoms. The van der Waals surface area contributed by atoms with Crippen LogP contribution in [0, 0.1) is 11.2 Å². The van der Waals surface area contributed by atoms with Crippen LogP contribution in [0.5, 0.6) is 0 Å². The second-order valence-electron chi connectivity index (χ2n) is 7.27. The molecule has 1 atom stereocenters. The lowest BCUT2D eigenvalue weighted by Gasteiger charge is -2.46. The smallest absolute Gasteiger partial charge is 0.229 e. The average molecular weight is 334 g/mol. The molecular formula is C19H27FN2O2. The third kappa shape index (κ3) is 3.62. The molecule has 0 radical (unpaired) electrons. The molecule has 0 bridgehead atoms. The van der Waals surface area contributed by atoms with Crippen molar-refractivity contribution >= 4 is 5.91 Å². The highest BCUT2D eigenvalue weighted by Gasteiger charge is 2.43. The topological polar surface area (TPSA) is 32.8 Å². The molecule has 2 saturated heterocycles. The fraction of sp³-hybridized carbons (Fsp3) is 0.632. The zero-order chi connectivity index (χ0) is 17.2. The van der Waals surface area contributed by atoms with Gasteiger partial charge in [0.15, 0.2) is 0 Å². The lowest BCUT2D eigenvalue weighted by Crippen LogP contribution is -2.60. The number of hydrogen-bond donors (Lipinski definition) is 0. The Bertz CT molecular complexity index is 588. The molecule has 0 saturated carbocycles. The van der Waals surface area contributed by atoms with Crippen molar-refractivity contribution in [1.82, 2.24) is 9.80 Å². The normalized spacial score (nSPS) is 25.5. The monoisotopic (exact) mass is 334 g/mol. The summed E-state index contributed by atoms with van der Waals surface area (Å²) in [7, 11) is 0. The second kappa shape index (κ2) is 7.19. The molecule has 2 aliphatic rings. The maximum absolute atomic E-state index is 13.6. The van der Waals surface area contributed by atoms with Crippen molar-refractivity contribution in [2.75, 3.05) is 32.7 Å². The molecule has 0 unspecified atom stereocenters. The summed E-state index contributed by atoms with van der Waals surface area (Å²) in [6, 6.07) is 6.66. The minimum atomic E-state index is -0.273. The number of nitrogens with zero attached hydrogens (tertiary/aromatic N) is 2. The number of piperidine rings is 1. The highest BCUT2D eigenvalue weighted by molar-refractivity contribution is 5.83. The largest absolute Gasteiger partial charge is 0.370 e. The van der Waals surface area contributed by atoms with Gasteiger partial charge in [-0.15, -0.1) is 0 Å². The molecule has 0 N–H and O–H groups in total. The van der Waals surface area contributed by atoms with Gasteiger partial charge in [-0.1, -0.05) is 25.1 Å². The molecule has 2 fully saturated rings. The molecule has 2 aliphatic heterocycles. The summed E-state index contributed by atoms with van der Waals surface area (Å²) < 4.78 is 19.3. The number of hydrogen-bond acceptors (Lipinski definition) is 3. The van der Waals surface area contributed by atoms with E-state index < -0.39 is 0 Å². The highest BCUT2D eigenvalue weighted by atomic mass is 19.1. The van der Waals surface area contributed by atoms with Crippen molar-refractivity contribution in [2.45, 2.75) is 39.4 Å². The van der Waals surface area contributed by atoms with Crippen LogP contribution >= 0.6 is 0 Å². The summed E-state index contributed by atoms with van der Waals surface area (Å²) in [6.45, 7) is 8.67. The summed E-state index contributed by atoms with van der Waals surface area (Å²) in [4.78, 5) is 17.1. The lowest BCUT2D eigenvalue weighted by molar-refractivity contribution is -0.159. The molecule has 3 rings (SSSR count). The van der Waals surface area contributed by atoms with Crippen molar-refractivity contribution in [3.05, 3.63) is 35.6 Å². The Balaban J connectivity index is 1.47. The van der Waals surface area contributed by atoms with Crippen LogP contribution < -0.4 is 0 Å². The van der Waals surface area contributed by atoms with E-state index in [1.54, 1.807) is 12.1 Å². The summed E-state index contributed by atoms with van der Waals surface area (Å²) in [5.74, 6) is 0.00511. The minimum absolute atomic E-state index is 0.0167. The summed E-state index contributed by atoms with van der Waals surface area (Å²) >= 11 is 0. The number of halogens is 1. The van der Waals surface area contributed by atoms with Crippen LogP contribution in [-0.4, -0.2) is 54.5 Å². The Kier molecular flexibility index (Phi) is 5.21. The minimum Gasteiger partial charge on any atom is -0.370 e. The number of rotatable bonds is 5. The van der Waals surface area contributed by atoms with E-state index in [0.717, 1.165) is 32.5 Å². The Morgan fingerprint density at radius 1 is 1.38 bits per heavy atom. The maximum Gasteiger partial charge on any atom is 0.229 e.